The average molecular weight is 365 g/mol. The predicted molar refractivity (Wildman–Crippen MR) is 97.9 cm³/mol. The minimum atomic E-state index is -3.59. The lowest BCUT2D eigenvalue weighted by Gasteiger charge is -2.41. The van der Waals surface area contributed by atoms with Gasteiger partial charge in [-0.05, 0) is 56.7 Å². The zero-order valence-electron chi connectivity index (χ0n) is 15.1. The van der Waals surface area contributed by atoms with E-state index in [0.29, 0.717) is 11.5 Å². The van der Waals surface area contributed by atoms with Crippen molar-refractivity contribution in [3.63, 3.8) is 0 Å². The molecule has 1 saturated heterocycles. The van der Waals surface area contributed by atoms with E-state index in [1.165, 1.54) is 37.8 Å². The van der Waals surface area contributed by atoms with Gasteiger partial charge < -0.3 is 4.90 Å². The second-order valence-electron chi connectivity index (χ2n) is 7.65. The Hall–Kier alpha value is -1.40. The first-order valence-corrected chi connectivity index (χ1v) is 10.8. The molecule has 1 aliphatic carbocycles. The number of amides is 1. The Bertz CT molecular complexity index is 730. The Balaban J connectivity index is 1.75. The monoisotopic (exact) mass is 364 g/mol. The van der Waals surface area contributed by atoms with Crippen LogP contribution in [0.25, 0.3) is 0 Å². The van der Waals surface area contributed by atoms with Gasteiger partial charge in [0.1, 0.15) is 0 Å². The molecule has 1 N–H and O–H groups in total. The highest BCUT2D eigenvalue weighted by Crippen LogP contribution is 2.36. The van der Waals surface area contributed by atoms with Crippen LogP contribution >= 0.6 is 0 Å². The number of hydrogen-bond acceptors (Lipinski definition) is 3. The Kier molecular flexibility index (Phi) is 5.49. The molecule has 0 aromatic heterocycles. The van der Waals surface area contributed by atoms with Gasteiger partial charge in [0.25, 0.3) is 5.91 Å². The maximum Gasteiger partial charge on any atom is 0.253 e. The van der Waals surface area contributed by atoms with Crippen molar-refractivity contribution in [3.8, 4) is 0 Å². The topological polar surface area (TPSA) is 66.5 Å². The normalized spacial score (nSPS) is 24.2. The summed E-state index contributed by atoms with van der Waals surface area (Å²) in [5.41, 5.74) is 0.459. The molecule has 2 aliphatic rings. The number of carbonyl (C=O) groups excluding carboxylic acids is 1. The van der Waals surface area contributed by atoms with Crippen LogP contribution in [0.5, 0.6) is 0 Å². The van der Waals surface area contributed by atoms with Crippen LogP contribution in [0.4, 0.5) is 0 Å². The molecule has 138 valence electrons. The lowest BCUT2D eigenvalue weighted by atomic mass is 9.75. The van der Waals surface area contributed by atoms with Gasteiger partial charge in [-0.2, -0.15) is 0 Å². The number of carbonyl (C=O) groups is 1. The summed E-state index contributed by atoms with van der Waals surface area (Å²) in [5.74, 6) is 1.33. The molecule has 0 spiro atoms. The van der Waals surface area contributed by atoms with Crippen molar-refractivity contribution in [2.24, 2.45) is 11.8 Å². The third-order valence-electron chi connectivity index (χ3n) is 5.36. The first kappa shape index (κ1) is 18.4. The molecule has 3 rings (SSSR count). The Morgan fingerprint density at radius 2 is 1.88 bits per heavy atom. The van der Waals surface area contributed by atoms with Gasteiger partial charge in [0.05, 0.1) is 4.90 Å². The summed E-state index contributed by atoms with van der Waals surface area (Å²) < 4.78 is 27.3. The molecule has 2 fully saturated rings. The van der Waals surface area contributed by atoms with Gasteiger partial charge in [0.15, 0.2) is 0 Å². The Labute approximate surface area is 150 Å². The zero-order valence-corrected chi connectivity index (χ0v) is 15.9. The molecule has 1 amide bonds. The van der Waals surface area contributed by atoms with Crippen LogP contribution in [0.2, 0.25) is 0 Å². The highest BCUT2D eigenvalue weighted by molar-refractivity contribution is 7.89. The van der Waals surface area contributed by atoms with Gasteiger partial charge in [-0.15, -0.1) is 0 Å². The average Bonchev–Trinajstić information content (AvgIpc) is 2.60. The van der Waals surface area contributed by atoms with Crippen LogP contribution in [0.15, 0.2) is 29.2 Å². The molecule has 0 bridgehead atoms. The number of rotatable bonds is 4. The molecule has 1 aromatic carbocycles. The Morgan fingerprint density at radius 1 is 1.16 bits per heavy atom. The highest BCUT2D eigenvalue weighted by Gasteiger charge is 2.33. The fourth-order valence-corrected chi connectivity index (χ4v) is 5.44. The van der Waals surface area contributed by atoms with Crippen LogP contribution in [0.1, 0.15) is 56.3 Å². The fourth-order valence-electron chi connectivity index (χ4n) is 4.14. The number of nitrogens with zero attached hydrogens (tertiary/aromatic N) is 1. The fraction of sp³-hybridized carbons (Fsp3) is 0.632. The minimum absolute atomic E-state index is 0.0504. The van der Waals surface area contributed by atoms with Crippen LogP contribution in [0, 0.1) is 11.8 Å². The molecule has 25 heavy (non-hydrogen) atoms. The molecular formula is C19H28N2O3S. The van der Waals surface area contributed by atoms with Crippen LogP contribution in [0.3, 0.4) is 0 Å². The second kappa shape index (κ2) is 7.46. The molecule has 5 nitrogen and oxygen atoms in total. The molecule has 0 unspecified atom stereocenters. The van der Waals surface area contributed by atoms with Crippen molar-refractivity contribution >= 4 is 15.9 Å². The number of fused-ring (bicyclic) bond motifs is 1. The molecular weight excluding hydrogens is 336 g/mol. The lowest BCUT2D eigenvalue weighted by molar-refractivity contribution is 0.0520. The summed E-state index contributed by atoms with van der Waals surface area (Å²) in [4.78, 5) is 14.9. The van der Waals surface area contributed by atoms with Crippen molar-refractivity contribution < 1.29 is 13.2 Å². The summed E-state index contributed by atoms with van der Waals surface area (Å²) in [6, 6.07) is 6.21. The van der Waals surface area contributed by atoms with Crippen LogP contribution in [-0.4, -0.2) is 38.4 Å². The Morgan fingerprint density at radius 3 is 2.60 bits per heavy atom. The van der Waals surface area contributed by atoms with E-state index < -0.39 is 10.0 Å². The maximum atomic E-state index is 12.9. The number of likely N-dealkylation sites (tertiary alicyclic amines) is 1. The van der Waals surface area contributed by atoms with E-state index in [0.717, 1.165) is 25.4 Å². The third-order valence-corrected chi connectivity index (χ3v) is 7.02. The number of sulfonamides is 1. The second-order valence-corrected chi connectivity index (χ2v) is 9.36. The predicted octanol–water partition coefficient (Wildman–Crippen LogP) is 3.03. The molecule has 2 atom stereocenters. The van der Waals surface area contributed by atoms with E-state index in [-0.39, 0.29) is 16.8 Å². The molecule has 1 saturated carbocycles. The summed E-state index contributed by atoms with van der Waals surface area (Å²) in [7, 11) is -3.59. The number of piperidine rings is 1. The smallest absolute Gasteiger partial charge is 0.253 e. The van der Waals surface area contributed by atoms with Crippen LogP contribution < -0.4 is 4.72 Å². The summed E-state index contributed by atoms with van der Waals surface area (Å²) in [6.07, 6.45) is 6.15. The maximum absolute atomic E-state index is 12.9. The SMILES string of the molecule is CC(C)NS(=O)(=O)c1cccc(C(=O)N2CC[C@@H]3CCCC[C@@H]3C2)c1. The largest absolute Gasteiger partial charge is 0.338 e. The van der Waals surface area contributed by atoms with E-state index in [2.05, 4.69) is 4.72 Å². The van der Waals surface area contributed by atoms with Gasteiger partial charge in [0, 0.05) is 24.7 Å². The molecule has 1 heterocycles. The summed E-state index contributed by atoms with van der Waals surface area (Å²) in [6.45, 7) is 5.15. The number of benzene rings is 1. The van der Waals surface area contributed by atoms with E-state index >= 15 is 0 Å². The summed E-state index contributed by atoms with van der Waals surface area (Å²) in [5, 5.41) is 0. The zero-order chi connectivity index (χ0) is 18.0. The van der Waals surface area contributed by atoms with Gasteiger partial charge in [-0.25, -0.2) is 13.1 Å². The van der Waals surface area contributed by atoms with Gasteiger partial charge >= 0.3 is 0 Å². The van der Waals surface area contributed by atoms with Crippen LogP contribution in [-0.2, 0) is 10.0 Å². The molecule has 0 radical (unpaired) electrons. The van der Waals surface area contributed by atoms with E-state index in [1.807, 2.05) is 4.90 Å². The first-order chi connectivity index (χ1) is 11.9. The molecule has 1 aromatic rings. The number of hydrogen-bond donors (Lipinski definition) is 1. The molecule has 1 aliphatic heterocycles. The van der Waals surface area contributed by atoms with Crippen molar-refractivity contribution in [1.29, 1.82) is 0 Å². The van der Waals surface area contributed by atoms with E-state index in [4.69, 9.17) is 0 Å². The van der Waals surface area contributed by atoms with Crippen molar-refractivity contribution in [1.82, 2.24) is 9.62 Å². The summed E-state index contributed by atoms with van der Waals surface area (Å²) >= 11 is 0. The van der Waals surface area contributed by atoms with Gasteiger partial charge in [0.2, 0.25) is 10.0 Å². The third kappa shape index (κ3) is 4.23. The van der Waals surface area contributed by atoms with Crippen molar-refractivity contribution in [2.75, 3.05) is 13.1 Å². The first-order valence-electron chi connectivity index (χ1n) is 9.28. The standard InChI is InChI=1S/C19H28N2O3S/c1-14(2)20-25(23,24)18-9-5-8-16(12-18)19(22)21-11-10-15-6-3-4-7-17(15)13-21/h5,8-9,12,14-15,17,20H,3-4,6-7,10-11,13H2,1-2H3/t15-,17+/m0/s1. The number of nitrogens with one attached hydrogen (secondary N) is 1. The van der Waals surface area contributed by atoms with Crippen molar-refractivity contribution in [3.05, 3.63) is 29.8 Å². The minimum Gasteiger partial charge on any atom is -0.338 e. The van der Waals surface area contributed by atoms with E-state index in [9.17, 15) is 13.2 Å². The quantitative estimate of drug-likeness (QED) is 0.893. The highest BCUT2D eigenvalue weighted by atomic mass is 32.2. The van der Waals surface area contributed by atoms with Gasteiger partial charge in [-0.3, -0.25) is 4.79 Å². The van der Waals surface area contributed by atoms with Crippen molar-refractivity contribution in [2.45, 2.75) is 56.9 Å². The van der Waals surface area contributed by atoms with Gasteiger partial charge in [-0.1, -0.05) is 25.3 Å². The van der Waals surface area contributed by atoms with E-state index in [1.54, 1.807) is 26.0 Å². The molecule has 6 heteroatoms. The lowest BCUT2D eigenvalue weighted by Crippen LogP contribution is -2.44.